The third kappa shape index (κ3) is 5.29. The molecule has 0 spiro atoms. The quantitative estimate of drug-likeness (QED) is 0.328. The maximum Gasteiger partial charge on any atom is 0.335 e. The van der Waals surface area contributed by atoms with Gasteiger partial charge in [0.1, 0.15) is 0 Å². The molecule has 1 aromatic rings. The zero-order valence-corrected chi connectivity index (χ0v) is 9.57. The minimum atomic E-state index is -3.98. The number of hydrazine groups is 1. The number of carboxylic acid groups (broad SMARTS) is 1. The molecule has 17 heavy (non-hydrogen) atoms. The summed E-state index contributed by atoms with van der Waals surface area (Å²) >= 11 is 0. The zero-order chi connectivity index (χ0) is 12.9. The second-order valence-corrected chi connectivity index (χ2v) is 4.79. The Balaban J connectivity index is 2.40. The maximum atomic E-state index is 10.6. The van der Waals surface area contributed by atoms with Crippen LogP contribution in [-0.2, 0) is 10.1 Å². The van der Waals surface area contributed by atoms with Gasteiger partial charge in [-0.05, 0) is 24.3 Å². The van der Waals surface area contributed by atoms with Gasteiger partial charge in [-0.1, -0.05) is 0 Å². The number of hydrogen-bond donors (Lipinski definition) is 4. The Morgan fingerprint density at radius 3 is 2.29 bits per heavy atom. The highest BCUT2D eigenvalue weighted by molar-refractivity contribution is 7.85. The van der Waals surface area contributed by atoms with Crippen LogP contribution in [0.1, 0.15) is 10.4 Å². The molecule has 0 aromatic heterocycles. The molecule has 0 bridgehead atoms. The van der Waals surface area contributed by atoms with E-state index in [1.165, 1.54) is 24.3 Å². The molecule has 0 heterocycles. The summed E-state index contributed by atoms with van der Waals surface area (Å²) in [4.78, 5) is 10.6. The van der Waals surface area contributed by atoms with Crippen molar-refractivity contribution in [3.05, 3.63) is 29.8 Å². The fourth-order valence-electron chi connectivity index (χ4n) is 1.04. The highest BCUT2D eigenvalue weighted by Crippen LogP contribution is 2.07. The standard InChI is InChI=1S/C9H12N2O5S/c12-9(13)7-1-3-8(4-2-7)11-10-5-6-17(14,15)16/h1-4,10-11H,5-6H2,(H,12,13)(H,14,15,16). The number of hydrogen-bond acceptors (Lipinski definition) is 5. The van der Waals surface area contributed by atoms with Gasteiger partial charge in [-0.15, -0.1) is 0 Å². The first-order valence-corrected chi connectivity index (χ1v) is 6.27. The van der Waals surface area contributed by atoms with E-state index in [0.29, 0.717) is 5.69 Å². The van der Waals surface area contributed by atoms with Crippen LogP contribution in [0.4, 0.5) is 5.69 Å². The van der Waals surface area contributed by atoms with Crippen LogP contribution in [0.25, 0.3) is 0 Å². The average molecular weight is 260 g/mol. The fraction of sp³-hybridized carbons (Fsp3) is 0.222. The molecule has 0 atom stereocenters. The SMILES string of the molecule is O=C(O)c1ccc(NNCCS(=O)(=O)O)cc1. The molecule has 0 radical (unpaired) electrons. The molecule has 0 aliphatic carbocycles. The van der Waals surface area contributed by atoms with Crippen LogP contribution in [-0.4, -0.2) is 36.3 Å². The number of nitrogens with one attached hydrogen (secondary N) is 2. The summed E-state index contributed by atoms with van der Waals surface area (Å²) in [7, 11) is -3.98. The molecule has 7 nitrogen and oxygen atoms in total. The summed E-state index contributed by atoms with van der Waals surface area (Å²) < 4.78 is 29.2. The molecule has 94 valence electrons. The van der Waals surface area contributed by atoms with Crippen LogP contribution in [0.3, 0.4) is 0 Å². The van der Waals surface area contributed by atoms with Gasteiger partial charge in [0, 0.05) is 12.2 Å². The molecular weight excluding hydrogens is 248 g/mol. The van der Waals surface area contributed by atoms with Gasteiger partial charge >= 0.3 is 5.97 Å². The zero-order valence-electron chi connectivity index (χ0n) is 8.75. The van der Waals surface area contributed by atoms with Crippen molar-refractivity contribution in [2.24, 2.45) is 0 Å². The highest BCUT2D eigenvalue weighted by atomic mass is 32.2. The van der Waals surface area contributed by atoms with E-state index in [0.717, 1.165) is 0 Å². The topological polar surface area (TPSA) is 116 Å². The largest absolute Gasteiger partial charge is 0.478 e. The van der Waals surface area contributed by atoms with Crippen LogP contribution in [0.15, 0.2) is 24.3 Å². The minimum absolute atomic E-state index is 0.0273. The van der Waals surface area contributed by atoms with Crippen LogP contribution in [0, 0.1) is 0 Å². The lowest BCUT2D eigenvalue weighted by molar-refractivity contribution is 0.0697. The van der Waals surface area contributed by atoms with Gasteiger partial charge < -0.3 is 10.5 Å². The van der Waals surface area contributed by atoms with Gasteiger partial charge in [-0.2, -0.15) is 8.42 Å². The van der Waals surface area contributed by atoms with Gasteiger partial charge in [0.2, 0.25) is 0 Å². The number of anilines is 1. The van der Waals surface area contributed by atoms with E-state index >= 15 is 0 Å². The first kappa shape index (κ1) is 13.4. The van der Waals surface area contributed by atoms with Gasteiger partial charge in [0.25, 0.3) is 10.1 Å². The Bertz CT molecular complexity index is 483. The minimum Gasteiger partial charge on any atom is -0.478 e. The summed E-state index contributed by atoms with van der Waals surface area (Å²) in [6.07, 6.45) is 0. The van der Waals surface area contributed by atoms with E-state index in [1.807, 2.05) is 0 Å². The van der Waals surface area contributed by atoms with Crippen LogP contribution < -0.4 is 10.9 Å². The number of aromatic carboxylic acids is 1. The van der Waals surface area contributed by atoms with Gasteiger partial charge in [0.05, 0.1) is 11.3 Å². The summed E-state index contributed by atoms with van der Waals surface area (Å²) in [5, 5.41) is 8.65. The van der Waals surface area contributed by atoms with Crippen molar-refractivity contribution in [1.82, 2.24) is 5.43 Å². The Hall–Kier alpha value is -1.64. The predicted molar refractivity (Wildman–Crippen MR) is 61.4 cm³/mol. The first-order chi connectivity index (χ1) is 7.88. The van der Waals surface area contributed by atoms with E-state index in [-0.39, 0.29) is 12.1 Å². The lowest BCUT2D eigenvalue weighted by Crippen LogP contribution is -2.27. The van der Waals surface area contributed by atoms with Crippen molar-refractivity contribution < 1.29 is 22.9 Å². The second kappa shape index (κ2) is 5.62. The molecule has 8 heteroatoms. The van der Waals surface area contributed by atoms with Gasteiger partial charge in [0.15, 0.2) is 0 Å². The van der Waals surface area contributed by atoms with E-state index < -0.39 is 21.8 Å². The number of rotatable bonds is 6. The summed E-state index contributed by atoms with van der Waals surface area (Å²) in [6, 6.07) is 5.89. The molecule has 0 unspecified atom stereocenters. The van der Waals surface area contributed by atoms with E-state index in [1.54, 1.807) is 0 Å². The molecule has 1 rings (SSSR count). The monoisotopic (exact) mass is 260 g/mol. The summed E-state index contributed by atoms with van der Waals surface area (Å²) in [6.45, 7) is 0.0273. The number of carboxylic acids is 1. The predicted octanol–water partition coefficient (Wildman–Crippen LogP) is 0.189. The first-order valence-electron chi connectivity index (χ1n) is 4.66. The maximum absolute atomic E-state index is 10.6. The molecule has 0 aliphatic heterocycles. The fourth-order valence-corrected chi connectivity index (χ4v) is 1.40. The normalized spacial score (nSPS) is 11.1. The summed E-state index contributed by atoms with van der Waals surface area (Å²) in [5.41, 5.74) is 5.98. The van der Waals surface area contributed by atoms with E-state index in [2.05, 4.69) is 10.9 Å². The summed E-state index contributed by atoms with van der Waals surface area (Å²) in [5.74, 6) is -1.43. The van der Waals surface area contributed by atoms with Crippen LogP contribution in [0.2, 0.25) is 0 Å². The molecule has 0 fully saturated rings. The van der Waals surface area contributed by atoms with Crippen LogP contribution >= 0.6 is 0 Å². The van der Waals surface area contributed by atoms with Crippen molar-refractivity contribution in [3.8, 4) is 0 Å². The Morgan fingerprint density at radius 1 is 1.24 bits per heavy atom. The molecule has 0 saturated carbocycles. The van der Waals surface area contributed by atoms with Gasteiger partial charge in [-0.3, -0.25) is 4.55 Å². The lowest BCUT2D eigenvalue weighted by Gasteiger charge is -2.07. The Morgan fingerprint density at radius 2 is 1.82 bits per heavy atom. The van der Waals surface area contributed by atoms with Crippen molar-refractivity contribution in [1.29, 1.82) is 0 Å². The van der Waals surface area contributed by atoms with Crippen molar-refractivity contribution >= 4 is 21.8 Å². The van der Waals surface area contributed by atoms with E-state index in [4.69, 9.17) is 9.66 Å². The van der Waals surface area contributed by atoms with Crippen molar-refractivity contribution in [3.63, 3.8) is 0 Å². The molecule has 0 aliphatic rings. The molecule has 4 N–H and O–H groups in total. The molecule has 0 saturated heterocycles. The third-order valence-electron chi connectivity index (χ3n) is 1.85. The smallest absolute Gasteiger partial charge is 0.335 e. The lowest BCUT2D eigenvalue weighted by atomic mass is 10.2. The average Bonchev–Trinajstić information content (AvgIpc) is 2.24. The Labute approximate surface area is 98.2 Å². The molecule has 1 aromatic carbocycles. The molecule has 0 amide bonds. The Kier molecular flexibility index (Phi) is 4.44. The van der Waals surface area contributed by atoms with Crippen LogP contribution in [0.5, 0.6) is 0 Å². The number of benzene rings is 1. The second-order valence-electron chi connectivity index (χ2n) is 3.22. The molecular formula is C9H12N2O5S. The van der Waals surface area contributed by atoms with E-state index in [9.17, 15) is 13.2 Å². The van der Waals surface area contributed by atoms with Gasteiger partial charge in [-0.25, -0.2) is 10.2 Å². The highest BCUT2D eigenvalue weighted by Gasteiger charge is 2.03. The van der Waals surface area contributed by atoms with Crippen molar-refractivity contribution in [2.75, 3.05) is 17.7 Å². The third-order valence-corrected chi connectivity index (χ3v) is 2.57. The van der Waals surface area contributed by atoms with Crippen molar-refractivity contribution in [2.45, 2.75) is 0 Å². The number of carbonyl (C=O) groups is 1.